The van der Waals surface area contributed by atoms with Gasteiger partial charge in [0, 0.05) is 11.4 Å². The Morgan fingerprint density at radius 2 is 1.83 bits per heavy atom. The molecular formula is C17H11ClFN5. The van der Waals surface area contributed by atoms with E-state index < -0.39 is 5.82 Å². The molecule has 1 N–H and O–H groups in total. The van der Waals surface area contributed by atoms with Crippen LogP contribution in [0.25, 0.3) is 16.9 Å². The average Bonchev–Trinajstić information content (AvgIpc) is 3.04. The van der Waals surface area contributed by atoms with Gasteiger partial charge in [0.25, 0.3) is 0 Å². The third kappa shape index (κ3) is 2.57. The van der Waals surface area contributed by atoms with Crippen LogP contribution >= 0.6 is 11.6 Å². The summed E-state index contributed by atoms with van der Waals surface area (Å²) in [7, 11) is 0. The number of para-hydroxylation sites is 1. The molecule has 2 aromatic heterocycles. The first-order chi connectivity index (χ1) is 11.7. The van der Waals surface area contributed by atoms with Crippen LogP contribution in [-0.4, -0.2) is 19.5 Å². The number of imidazole rings is 1. The Balaban J connectivity index is 1.77. The van der Waals surface area contributed by atoms with E-state index in [2.05, 4.69) is 20.3 Å². The summed E-state index contributed by atoms with van der Waals surface area (Å²) in [6, 6.07) is 14.2. The topological polar surface area (TPSA) is 55.6 Å². The number of halogens is 2. The molecule has 0 radical (unpaired) electrons. The maximum atomic E-state index is 13.3. The molecule has 0 bridgehead atoms. The van der Waals surface area contributed by atoms with Crippen LogP contribution in [-0.2, 0) is 0 Å². The van der Waals surface area contributed by atoms with E-state index in [9.17, 15) is 4.39 Å². The maximum absolute atomic E-state index is 13.3. The number of nitrogens with one attached hydrogen (secondary N) is 1. The molecule has 2 heterocycles. The van der Waals surface area contributed by atoms with Crippen LogP contribution in [0.5, 0.6) is 0 Å². The van der Waals surface area contributed by atoms with E-state index in [0.29, 0.717) is 22.7 Å². The van der Waals surface area contributed by atoms with Gasteiger partial charge < -0.3 is 5.32 Å². The molecule has 0 amide bonds. The zero-order valence-electron chi connectivity index (χ0n) is 12.3. The van der Waals surface area contributed by atoms with Crippen molar-refractivity contribution in [1.29, 1.82) is 0 Å². The van der Waals surface area contributed by atoms with Crippen molar-refractivity contribution in [3.05, 3.63) is 72.0 Å². The molecular weight excluding hydrogens is 329 g/mol. The van der Waals surface area contributed by atoms with Gasteiger partial charge in [-0.3, -0.25) is 4.57 Å². The molecule has 24 heavy (non-hydrogen) atoms. The number of aromatic nitrogens is 4. The lowest BCUT2D eigenvalue weighted by Crippen LogP contribution is -1.98. The zero-order chi connectivity index (χ0) is 16.5. The summed E-state index contributed by atoms with van der Waals surface area (Å²) >= 11 is 5.81. The number of benzene rings is 2. The van der Waals surface area contributed by atoms with Gasteiger partial charge >= 0.3 is 0 Å². The third-order valence-corrected chi connectivity index (χ3v) is 3.84. The van der Waals surface area contributed by atoms with Crippen LogP contribution in [0.1, 0.15) is 0 Å². The molecule has 0 fully saturated rings. The number of fused-ring (bicyclic) bond motifs is 1. The Hall–Kier alpha value is -2.99. The highest BCUT2D eigenvalue weighted by Gasteiger charge is 2.12. The van der Waals surface area contributed by atoms with E-state index in [1.54, 1.807) is 12.4 Å². The Morgan fingerprint density at radius 1 is 1.00 bits per heavy atom. The van der Waals surface area contributed by atoms with E-state index >= 15 is 0 Å². The predicted octanol–water partition coefficient (Wildman–Crippen LogP) is 4.35. The Morgan fingerprint density at radius 3 is 2.62 bits per heavy atom. The van der Waals surface area contributed by atoms with Crippen molar-refractivity contribution < 1.29 is 4.39 Å². The maximum Gasteiger partial charge on any atom is 0.170 e. The Bertz CT molecular complexity index is 1020. The SMILES string of the molecule is Fc1ccc(Nc2ncnc3c2ncn3-c2ccccc2)cc1Cl. The molecule has 2 aromatic carbocycles. The average molecular weight is 340 g/mol. The molecule has 5 nitrogen and oxygen atoms in total. The van der Waals surface area contributed by atoms with Crippen molar-refractivity contribution in [2.24, 2.45) is 0 Å². The Kier molecular flexibility index (Phi) is 3.59. The minimum atomic E-state index is -0.469. The van der Waals surface area contributed by atoms with Crippen LogP contribution in [0.2, 0.25) is 5.02 Å². The quantitative estimate of drug-likeness (QED) is 0.603. The van der Waals surface area contributed by atoms with E-state index in [0.717, 1.165) is 5.69 Å². The summed E-state index contributed by atoms with van der Waals surface area (Å²) in [5.74, 6) is 0.0563. The molecule has 0 aliphatic carbocycles. The molecule has 7 heteroatoms. The highest BCUT2D eigenvalue weighted by molar-refractivity contribution is 6.31. The molecule has 0 atom stereocenters. The van der Waals surface area contributed by atoms with Crippen molar-refractivity contribution in [1.82, 2.24) is 19.5 Å². The summed E-state index contributed by atoms with van der Waals surface area (Å²) in [4.78, 5) is 12.9. The summed E-state index contributed by atoms with van der Waals surface area (Å²) in [5.41, 5.74) is 2.86. The second-order valence-corrected chi connectivity index (χ2v) is 5.51. The molecule has 4 aromatic rings. The number of hydrogen-bond acceptors (Lipinski definition) is 4. The van der Waals surface area contributed by atoms with Crippen LogP contribution in [0.3, 0.4) is 0 Å². The van der Waals surface area contributed by atoms with Gasteiger partial charge in [-0.1, -0.05) is 29.8 Å². The summed E-state index contributed by atoms with van der Waals surface area (Å²) < 4.78 is 15.2. The van der Waals surface area contributed by atoms with Crippen LogP contribution < -0.4 is 5.32 Å². The summed E-state index contributed by atoms with van der Waals surface area (Å²) in [6.07, 6.45) is 3.15. The lowest BCUT2D eigenvalue weighted by atomic mass is 10.3. The number of nitrogens with zero attached hydrogens (tertiary/aromatic N) is 4. The predicted molar refractivity (Wildman–Crippen MR) is 91.4 cm³/mol. The van der Waals surface area contributed by atoms with Gasteiger partial charge in [0.05, 0.1) is 5.02 Å². The van der Waals surface area contributed by atoms with Gasteiger partial charge in [-0.2, -0.15) is 0 Å². The lowest BCUT2D eigenvalue weighted by Gasteiger charge is -2.07. The monoisotopic (exact) mass is 339 g/mol. The molecule has 0 unspecified atom stereocenters. The van der Waals surface area contributed by atoms with Gasteiger partial charge in [0.2, 0.25) is 0 Å². The van der Waals surface area contributed by atoms with E-state index in [1.165, 1.54) is 18.5 Å². The van der Waals surface area contributed by atoms with Crippen molar-refractivity contribution in [2.45, 2.75) is 0 Å². The second kappa shape index (κ2) is 5.90. The van der Waals surface area contributed by atoms with Gasteiger partial charge in [-0.05, 0) is 30.3 Å². The molecule has 0 aliphatic rings. The van der Waals surface area contributed by atoms with E-state index in [1.807, 2.05) is 34.9 Å². The molecule has 0 saturated carbocycles. The molecule has 4 rings (SSSR count). The molecule has 118 valence electrons. The third-order valence-electron chi connectivity index (χ3n) is 3.55. The number of anilines is 2. The first-order valence-electron chi connectivity index (χ1n) is 7.18. The van der Waals surface area contributed by atoms with Gasteiger partial charge in [0.1, 0.15) is 18.5 Å². The molecule has 0 saturated heterocycles. The Labute approximate surface area is 141 Å². The van der Waals surface area contributed by atoms with Crippen molar-refractivity contribution >= 4 is 34.3 Å². The minimum absolute atomic E-state index is 0.0418. The van der Waals surface area contributed by atoms with Crippen LogP contribution in [0.15, 0.2) is 61.2 Å². The van der Waals surface area contributed by atoms with Crippen LogP contribution in [0.4, 0.5) is 15.9 Å². The fraction of sp³-hybridized carbons (Fsp3) is 0. The first-order valence-corrected chi connectivity index (χ1v) is 7.56. The van der Waals surface area contributed by atoms with Gasteiger partial charge in [-0.15, -0.1) is 0 Å². The van der Waals surface area contributed by atoms with E-state index in [4.69, 9.17) is 11.6 Å². The van der Waals surface area contributed by atoms with Crippen molar-refractivity contribution in [3.63, 3.8) is 0 Å². The largest absolute Gasteiger partial charge is 0.338 e. The number of rotatable bonds is 3. The molecule has 0 aliphatic heterocycles. The lowest BCUT2D eigenvalue weighted by molar-refractivity contribution is 0.628. The fourth-order valence-corrected chi connectivity index (χ4v) is 2.59. The minimum Gasteiger partial charge on any atom is -0.338 e. The zero-order valence-corrected chi connectivity index (χ0v) is 13.1. The summed E-state index contributed by atoms with van der Waals surface area (Å²) in [5, 5.41) is 3.14. The van der Waals surface area contributed by atoms with Crippen molar-refractivity contribution in [2.75, 3.05) is 5.32 Å². The van der Waals surface area contributed by atoms with Crippen molar-refractivity contribution in [3.8, 4) is 5.69 Å². The second-order valence-electron chi connectivity index (χ2n) is 5.10. The summed E-state index contributed by atoms with van der Waals surface area (Å²) in [6.45, 7) is 0. The normalized spacial score (nSPS) is 10.9. The highest BCUT2D eigenvalue weighted by atomic mass is 35.5. The number of hydrogen-bond donors (Lipinski definition) is 1. The van der Waals surface area contributed by atoms with Gasteiger partial charge in [-0.25, -0.2) is 19.3 Å². The highest BCUT2D eigenvalue weighted by Crippen LogP contribution is 2.26. The van der Waals surface area contributed by atoms with Crippen LogP contribution in [0, 0.1) is 5.82 Å². The van der Waals surface area contributed by atoms with E-state index in [-0.39, 0.29) is 5.02 Å². The van der Waals surface area contributed by atoms with Gasteiger partial charge in [0.15, 0.2) is 17.0 Å². The smallest absolute Gasteiger partial charge is 0.170 e. The first kappa shape index (κ1) is 14.6. The molecule has 0 spiro atoms. The standard InChI is InChI=1S/C17H11ClFN5/c18-13-8-11(6-7-14(13)19)23-16-15-17(21-9-20-16)24(10-22-15)12-4-2-1-3-5-12/h1-10H,(H,20,21,23). The fourth-order valence-electron chi connectivity index (χ4n) is 2.41.